The molecule has 0 atom stereocenters. The van der Waals surface area contributed by atoms with Crippen LogP contribution in [-0.2, 0) is 14.8 Å². The number of halogens is 1. The molecule has 1 fully saturated rings. The number of ether oxygens (including phenoxy) is 2. The molecule has 0 saturated carbocycles. The number of sulfonamides is 1. The number of methoxy groups -OCH3 is 2. The topological polar surface area (TPSA) is 105 Å². The Morgan fingerprint density at radius 2 is 1.53 bits per heavy atom. The average molecular weight is 482 g/mol. The van der Waals surface area contributed by atoms with E-state index in [1.807, 2.05) is 0 Å². The summed E-state index contributed by atoms with van der Waals surface area (Å²) in [7, 11) is -0.702. The van der Waals surface area contributed by atoms with E-state index in [1.165, 1.54) is 47.7 Å². The molecule has 3 rings (SSSR count). The van der Waals surface area contributed by atoms with E-state index in [1.54, 1.807) is 18.2 Å². The number of piperazine rings is 1. The number of nitrogens with one attached hydrogen (secondary N) is 1. The van der Waals surface area contributed by atoms with Crippen molar-refractivity contribution in [3.05, 3.63) is 53.1 Å². The fourth-order valence-electron chi connectivity index (χ4n) is 3.24. The van der Waals surface area contributed by atoms with Gasteiger partial charge in [-0.05, 0) is 36.4 Å². The zero-order valence-corrected chi connectivity index (χ0v) is 19.3. The van der Waals surface area contributed by atoms with Gasteiger partial charge in [0.25, 0.3) is 5.91 Å². The van der Waals surface area contributed by atoms with E-state index >= 15 is 0 Å². The fraction of sp³-hybridized carbons (Fsp3) is 0.333. The van der Waals surface area contributed by atoms with Crippen molar-refractivity contribution < 1.29 is 27.5 Å². The van der Waals surface area contributed by atoms with Gasteiger partial charge in [-0.3, -0.25) is 9.59 Å². The number of hydrogen-bond acceptors (Lipinski definition) is 6. The molecule has 9 nitrogen and oxygen atoms in total. The largest absolute Gasteiger partial charge is 0.497 e. The molecule has 0 bridgehead atoms. The Bertz CT molecular complexity index is 1060. The van der Waals surface area contributed by atoms with Crippen LogP contribution in [0.4, 0.5) is 0 Å². The minimum atomic E-state index is -3.66. The van der Waals surface area contributed by atoms with Gasteiger partial charge in [-0.25, -0.2) is 8.42 Å². The summed E-state index contributed by atoms with van der Waals surface area (Å²) in [5.41, 5.74) is 0.299. The maximum Gasteiger partial charge on any atom is 0.251 e. The minimum Gasteiger partial charge on any atom is -0.497 e. The second-order valence-corrected chi connectivity index (χ2v) is 9.40. The third kappa shape index (κ3) is 5.50. The standard InChI is InChI=1S/C21H24ClN3O6S/c1-30-17-11-15(12-18(13-17)31-2)21(27)23-14-20(26)24-7-9-25(10-8-24)32(28,29)19-5-3-16(22)4-6-19/h3-6,11-13H,7-10,14H2,1-2H3,(H,23,27). The molecule has 1 N–H and O–H groups in total. The normalized spacial score (nSPS) is 14.7. The van der Waals surface area contributed by atoms with Crippen LogP contribution >= 0.6 is 11.6 Å². The number of hydrogen-bond donors (Lipinski definition) is 1. The van der Waals surface area contributed by atoms with Crippen LogP contribution in [0.1, 0.15) is 10.4 Å². The van der Waals surface area contributed by atoms with E-state index in [0.29, 0.717) is 22.1 Å². The molecule has 1 heterocycles. The number of nitrogens with zero attached hydrogens (tertiary/aromatic N) is 2. The van der Waals surface area contributed by atoms with E-state index < -0.39 is 15.9 Å². The van der Waals surface area contributed by atoms with Crippen molar-refractivity contribution in [2.75, 3.05) is 46.9 Å². The zero-order chi connectivity index (χ0) is 23.3. The van der Waals surface area contributed by atoms with Gasteiger partial charge in [0, 0.05) is 42.8 Å². The predicted octanol–water partition coefficient (Wildman–Crippen LogP) is 1.62. The summed E-state index contributed by atoms with van der Waals surface area (Å²) in [4.78, 5) is 26.6. The van der Waals surface area contributed by atoms with E-state index in [4.69, 9.17) is 21.1 Å². The predicted molar refractivity (Wildman–Crippen MR) is 119 cm³/mol. The van der Waals surface area contributed by atoms with Crippen LogP contribution in [-0.4, -0.2) is 76.4 Å². The molecule has 2 aromatic rings. The smallest absolute Gasteiger partial charge is 0.251 e. The van der Waals surface area contributed by atoms with Crippen molar-refractivity contribution in [2.45, 2.75) is 4.90 Å². The lowest BCUT2D eigenvalue weighted by Crippen LogP contribution is -2.52. The van der Waals surface area contributed by atoms with E-state index in [9.17, 15) is 18.0 Å². The molecule has 172 valence electrons. The van der Waals surface area contributed by atoms with Crippen molar-refractivity contribution in [3.8, 4) is 11.5 Å². The second-order valence-electron chi connectivity index (χ2n) is 7.02. The maximum atomic E-state index is 12.8. The minimum absolute atomic E-state index is 0.155. The number of benzene rings is 2. The van der Waals surface area contributed by atoms with Crippen LogP contribution in [0.2, 0.25) is 5.02 Å². The molecule has 1 aliphatic rings. The highest BCUT2D eigenvalue weighted by Crippen LogP contribution is 2.22. The van der Waals surface area contributed by atoms with E-state index in [2.05, 4.69) is 5.32 Å². The summed E-state index contributed by atoms with van der Waals surface area (Å²) >= 11 is 5.83. The molecule has 2 amide bonds. The quantitative estimate of drug-likeness (QED) is 0.644. The summed E-state index contributed by atoms with van der Waals surface area (Å²) < 4.78 is 37.1. The van der Waals surface area contributed by atoms with Gasteiger partial charge in [-0.15, -0.1) is 0 Å². The highest BCUT2D eigenvalue weighted by molar-refractivity contribution is 7.89. The van der Waals surface area contributed by atoms with Gasteiger partial charge in [0.2, 0.25) is 15.9 Å². The van der Waals surface area contributed by atoms with Gasteiger partial charge < -0.3 is 19.7 Å². The molecule has 32 heavy (non-hydrogen) atoms. The van der Waals surface area contributed by atoms with Crippen LogP contribution in [0.5, 0.6) is 11.5 Å². The molecule has 0 aliphatic carbocycles. The molecule has 1 saturated heterocycles. The monoisotopic (exact) mass is 481 g/mol. The molecule has 0 unspecified atom stereocenters. The summed E-state index contributed by atoms with van der Waals surface area (Å²) in [5.74, 6) is 0.175. The Morgan fingerprint density at radius 1 is 0.969 bits per heavy atom. The Morgan fingerprint density at radius 3 is 2.06 bits per heavy atom. The van der Waals surface area contributed by atoms with Crippen molar-refractivity contribution in [3.63, 3.8) is 0 Å². The molecule has 0 radical (unpaired) electrons. The van der Waals surface area contributed by atoms with Gasteiger partial charge in [-0.2, -0.15) is 4.31 Å². The van der Waals surface area contributed by atoms with Crippen LogP contribution in [0.15, 0.2) is 47.4 Å². The highest BCUT2D eigenvalue weighted by atomic mass is 35.5. The molecular formula is C21H24ClN3O6S. The number of carbonyl (C=O) groups excluding carboxylic acids is 2. The lowest BCUT2D eigenvalue weighted by Gasteiger charge is -2.34. The summed E-state index contributed by atoms with van der Waals surface area (Å²) in [6.07, 6.45) is 0. The van der Waals surface area contributed by atoms with Crippen LogP contribution in [0.25, 0.3) is 0 Å². The first-order chi connectivity index (χ1) is 15.2. The van der Waals surface area contributed by atoms with Crippen LogP contribution < -0.4 is 14.8 Å². The Balaban J connectivity index is 1.55. The SMILES string of the molecule is COc1cc(OC)cc(C(=O)NCC(=O)N2CCN(S(=O)(=O)c3ccc(Cl)cc3)CC2)c1. The molecule has 0 spiro atoms. The average Bonchev–Trinajstić information content (AvgIpc) is 2.82. The van der Waals surface area contributed by atoms with Crippen LogP contribution in [0, 0.1) is 0 Å². The van der Waals surface area contributed by atoms with E-state index in [-0.39, 0.29) is 43.5 Å². The van der Waals surface area contributed by atoms with Gasteiger partial charge in [0.05, 0.1) is 25.7 Å². The molecule has 2 aromatic carbocycles. The lowest BCUT2D eigenvalue weighted by molar-refractivity contribution is -0.131. The maximum absolute atomic E-state index is 12.8. The Labute approximate surface area is 191 Å². The second kappa shape index (κ2) is 10.2. The van der Waals surface area contributed by atoms with Crippen molar-refractivity contribution in [2.24, 2.45) is 0 Å². The van der Waals surface area contributed by atoms with Crippen molar-refractivity contribution >= 4 is 33.4 Å². The molecular weight excluding hydrogens is 458 g/mol. The summed E-state index contributed by atoms with van der Waals surface area (Å²) in [5, 5.41) is 3.04. The molecule has 11 heteroatoms. The van der Waals surface area contributed by atoms with Crippen molar-refractivity contribution in [1.82, 2.24) is 14.5 Å². The Kier molecular flexibility index (Phi) is 7.60. The molecule has 0 aromatic heterocycles. The lowest BCUT2D eigenvalue weighted by atomic mass is 10.2. The molecule has 1 aliphatic heterocycles. The third-order valence-electron chi connectivity index (χ3n) is 5.06. The summed E-state index contributed by atoms with van der Waals surface area (Å²) in [6, 6.07) is 10.7. The summed E-state index contributed by atoms with van der Waals surface area (Å²) in [6.45, 7) is 0.584. The Hall–Kier alpha value is -2.82. The highest BCUT2D eigenvalue weighted by Gasteiger charge is 2.30. The van der Waals surface area contributed by atoms with Gasteiger partial charge in [-0.1, -0.05) is 11.6 Å². The zero-order valence-electron chi connectivity index (χ0n) is 17.7. The van der Waals surface area contributed by atoms with Gasteiger partial charge in [0.15, 0.2) is 0 Å². The number of carbonyl (C=O) groups is 2. The number of rotatable bonds is 7. The third-order valence-corrected chi connectivity index (χ3v) is 7.22. The first-order valence-electron chi connectivity index (χ1n) is 9.79. The van der Waals surface area contributed by atoms with Gasteiger partial charge in [0.1, 0.15) is 11.5 Å². The van der Waals surface area contributed by atoms with E-state index in [0.717, 1.165) is 0 Å². The first-order valence-corrected chi connectivity index (χ1v) is 11.6. The van der Waals surface area contributed by atoms with Gasteiger partial charge >= 0.3 is 0 Å². The van der Waals surface area contributed by atoms with Crippen LogP contribution in [0.3, 0.4) is 0 Å². The van der Waals surface area contributed by atoms with Crippen molar-refractivity contribution in [1.29, 1.82) is 0 Å². The number of amides is 2. The fourth-order valence-corrected chi connectivity index (χ4v) is 4.79. The first kappa shape index (κ1) is 23.8.